The third-order valence-electron chi connectivity index (χ3n) is 3.80. The van der Waals surface area contributed by atoms with Crippen LogP contribution < -0.4 is 4.90 Å². The Morgan fingerprint density at radius 1 is 1.28 bits per heavy atom. The van der Waals surface area contributed by atoms with Gasteiger partial charge >= 0.3 is 0 Å². The first-order chi connectivity index (χ1) is 8.52. The second kappa shape index (κ2) is 4.95. The number of piperazine rings is 1. The van der Waals surface area contributed by atoms with Crippen LogP contribution in [0.2, 0.25) is 0 Å². The van der Waals surface area contributed by atoms with Crippen LogP contribution in [-0.2, 0) is 0 Å². The number of rotatable bonds is 1. The van der Waals surface area contributed by atoms with Gasteiger partial charge in [-0.1, -0.05) is 0 Å². The standard InChI is InChI=1S/C14H18FN3/c1-10-8-18(9-11(2)17(10)3)13-5-4-12(7-16)14(15)6-13/h4-6,10-11H,8-9H2,1-3H3. The maximum atomic E-state index is 13.6. The van der Waals surface area contributed by atoms with E-state index in [0.29, 0.717) is 12.1 Å². The molecule has 0 aliphatic carbocycles. The smallest absolute Gasteiger partial charge is 0.143 e. The van der Waals surface area contributed by atoms with Crippen LogP contribution in [0.25, 0.3) is 0 Å². The van der Waals surface area contributed by atoms with Crippen molar-refractivity contribution in [3.05, 3.63) is 29.6 Å². The highest BCUT2D eigenvalue weighted by Crippen LogP contribution is 2.23. The molecule has 2 rings (SSSR count). The first-order valence-corrected chi connectivity index (χ1v) is 6.19. The van der Waals surface area contributed by atoms with Crippen molar-refractivity contribution in [1.82, 2.24) is 4.90 Å². The Balaban J connectivity index is 2.22. The van der Waals surface area contributed by atoms with E-state index in [1.807, 2.05) is 12.1 Å². The molecule has 2 atom stereocenters. The van der Waals surface area contributed by atoms with Crippen molar-refractivity contribution in [2.24, 2.45) is 0 Å². The molecule has 0 spiro atoms. The van der Waals surface area contributed by atoms with Crippen molar-refractivity contribution in [2.45, 2.75) is 25.9 Å². The summed E-state index contributed by atoms with van der Waals surface area (Å²) in [4.78, 5) is 4.51. The number of benzene rings is 1. The molecule has 1 fully saturated rings. The maximum absolute atomic E-state index is 13.6. The lowest BCUT2D eigenvalue weighted by molar-refractivity contribution is 0.170. The van der Waals surface area contributed by atoms with Gasteiger partial charge in [0, 0.05) is 30.9 Å². The van der Waals surface area contributed by atoms with E-state index in [-0.39, 0.29) is 5.56 Å². The van der Waals surface area contributed by atoms with Gasteiger partial charge in [-0.15, -0.1) is 0 Å². The number of hydrogen-bond donors (Lipinski definition) is 0. The molecule has 1 heterocycles. The van der Waals surface area contributed by atoms with E-state index in [9.17, 15) is 4.39 Å². The molecule has 1 aliphatic heterocycles. The van der Waals surface area contributed by atoms with Gasteiger partial charge in [-0.25, -0.2) is 4.39 Å². The quantitative estimate of drug-likeness (QED) is 0.762. The van der Waals surface area contributed by atoms with E-state index in [4.69, 9.17) is 5.26 Å². The van der Waals surface area contributed by atoms with Gasteiger partial charge in [0.1, 0.15) is 11.9 Å². The molecule has 0 amide bonds. The molecule has 1 aliphatic rings. The fraction of sp³-hybridized carbons (Fsp3) is 0.500. The molecule has 1 aromatic carbocycles. The summed E-state index contributed by atoms with van der Waals surface area (Å²) in [7, 11) is 2.12. The van der Waals surface area contributed by atoms with Gasteiger partial charge in [0.15, 0.2) is 0 Å². The molecular formula is C14H18FN3. The van der Waals surface area contributed by atoms with Crippen LogP contribution in [0, 0.1) is 17.1 Å². The summed E-state index contributed by atoms with van der Waals surface area (Å²) in [5.41, 5.74) is 0.965. The Labute approximate surface area is 107 Å². The van der Waals surface area contributed by atoms with Gasteiger partial charge in [0.05, 0.1) is 5.56 Å². The Bertz CT molecular complexity index is 468. The molecule has 18 heavy (non-hydrogen) atoms. The number of hydrogen-bond acceptors (Lipinski definition) is 3. The van der Waals surface area contributed by atoms with Crippen LogP contribution in [0.15, 0.2) is 18.2 Å². The van der Waals surface area contributed by atoms with E-state index < -0.39 is 5.82 Å². The second-order valence-electron chi connectivity index (χ2n) is 5.04. The Morgan fingerprint density at radius 3 is 2.39 bits per heavy atom. The molecular weight excluding hydrogens is 229 g/mol. The van der Waals surface area contributed by atoms with Gasteiger partial charge in [-0.2, -0.15) is 5.26 Å². The lowest BCUT2D eigenvalue weighted by Crippen LogP contribution is -2.55. The minimum Gasteiger partial charge on any atom is -0.368 e. The molecule has 1 aromatic rings. The van der Waals surface area contributed by atoms with Gasteiger partial charge in [0.2, 0.25) is 0 Å². The molecule has 0 aromatic heterocycles. The highest BCUT2D eigenvalue weighted by Gasteiger charge is 2.26. The van der Waals surface area contributed by atoms with Gasteiger partial charge < -0.3 is 4.90 Å². The van der Waals surface area contributed by atoms with Crippen molar-refractivity contribution < 1.29 is 4.39 Å². The number of nitrogens with zero attached hydrogens (tertiary/aromatic N) is 3. The molecule has 2 unspecified atom stereocenters. The molecule has 3 nitrogen and oxygen atoms in total. The van der Waals surface area contributed by atoms with Crippen LogP contribution in [0.5, 0.6) is 0 Å². The predicted molar refractivity (Wildman–Crippen MR) is 70.0 cm³/mol. The minimum absolute atomic E-state index is 0.106. The summed E-state index contributed by atoms with van der Waals surface area (Å²) in [6, 6.07) is 7.56. The number of halogens is 1. The third-order valence-corrected chi connectivity index (χ3v) is 3.80. The average molecular weight is 247 g/mol. The van der Waals surface area contributed by atoms with Gasteiger partial charge in [0.25, 0.3) is 0 Å². The van der Waals surface area contributed by atoms with Crippen LogP contribution >= 0.6 is 0 Å². The van der Waals surface area contributed by atoms with Crippen molar-refractivity contribution in [3.63, 3.8) is 0 Å². The number of anilines is 1. The molecule has 96 valence electrons. The normalized spacial score (nSPS) is 24.9. The zero-order chi connectivity index (χ0) is 13.3. The van der Waals surface area contributed by atoms with E-state index in [2.05, 4.69) is 30.7 Å². The number of nitriles is 1. The van der Waals surface area contributed by atoms with Crippen molar-refractivity contribution in [2.75, 3.05) is 25.0 Å². The predicted octanol–water partition coefficient (Wildman–Crippen LogP) is 2.23. The number of likely N-dealkylation sites (N-methyl/N-ethyl adjacent to an activating group) is 1. The Kier molecular flexibility index (Phi) is 3.53. The zero-order valence-electron chi connectivity index (χ0n) is 11.0. The summed E-state index contributed by atoms with van der Waals surface area (Å²) in [6.45, 7) is 6.10. The molecule has 0 N–H and O–H groups in total. The highest BCUT2D eigenvalue weighted by molar-refractivity contribution is 5.51. The fourth-order valence-electron chi connectivity index (χ4n) is 2.41. The average Bonchev–Trinajstić information content (AvgIpc) is 2.35. The molecule has 4 heteroatoms. The summed E-state index contributed by atoms with van der Waals surface area (Å²) in [6.07, 6.45) is 0. The molecule has 1 saturated heterocycles. The lowest BCUT2D eigenvalue weighted by Gasteiger charge is -2.43. The lowest BCUT2D eigenvalue weighted by atomic mass is 10.1. The highest BCUT2D eigenvalue weighted by atomic mass is 19.1. The van der Waals surface area contributed by atoms with Crippen LogP contribution in [-0.4, -0.2) is 37.1 Å². The minimum atomic E-state index is -0.436. The van der Waals surface area contributed by atoms with Crippen LogP contribution in [0.3, 0.4) is 0 Å². The zero-order valence-corrected chi connectivity index (χ0v) is 11.0. The summed E-state index contributed by atoms with van der Waals surface area (Å²) >= 11 is 0. The van der Waals surface area contributed by atoms with Crippen molar-refractivity contribution >= 4 is 5.69 Å². The van der Waals surface area contributed by atoms with Gasteiger partial charge in [-0.3, -0.25) is 4.90 Å². The van der Waals surface area contributed by atoms with Crippen molar-refractivity contribution in [3.8, 4) is 6.07 Å². The summed E-state index contributed by atoms with van der Waals surface area (Å²) < 4.78 is 13.6. The van der Waals surface area contributed by atoms with Crippen LogP contribution in [0.4, 0.5) is 10.1 Å². The van der Waals surface area contributed by atoms with Crippen LogP contribution in [0.1, 0.15) is 19.4 Å². The second-order valence-corrected chi connectivity index (χ2v) is 5.04. The largest absolute Gasteiger partial charge is 0.368 e. The summed E-state index contributed by atoms with van der Waals surface area (Å²) in [5, 5.41) is 8.73. The Morgan fingerprint density at radius 2 is 1.89 bits per heavy atom. The maximum Gasteiger partial charge on any atom is 0.143 e. The molecule has 0 radical (unpaired) electrons. The van der Waals surface area contributed by atoms with E-state index >= 15 is 0 Å². The SMILES string of the molecule is CC1CN(c2ccc(C#N)c(F)c2)CC(C)N1C. The van der Waals surface area contributed by atoms with E-state index in [1.165, 1.54) is 6.07 Å². The summed E-state index contributed by atoms with van der Waals surface area (Å²) in [5.74, 6) is -0.436. The first kappa shape index (κ1) is 12.8. The molecule has 0 bridgehead atoms. The fourth-order valence-corrected chi connectivity index (χ4v) is 2.41. The van der Waals surface area contributed by atoms with E-state index in [1.54, 1.807) is 6.07 Å². The monoisotopic (exact) mass is 247 g/mol. The van der Waals surface area contributed by atoms with Gasteiger partial charge in [-0.05, 0) is 39.1 Å². The van der Waals surface area contributed by atoms with E-state index in [0.717, 1.165) is 18.8 Å². The third kappa shape index (κ3) is 2.32. The topological polar surface area (TPSA) is 30.3 Å². The first-order valence-electron chi connectivity index (χ1n) is 6.19. The Hall–Kier alpha value is -1.60. The molecule has 0 saturated carbocycles. The van der Waals surface area contributed by atoms with Crippen molar-refractivity contribution in [1.29, 1.82) is 5.26 Å².